The minimum atomic E-state index is -0.420. The molecule has 20 heavy (non-hydrogen) atoms. The smallest absolute Gasteiger partial charge is 0.273 e. The maximum Gasteiger partial charge on any atom is 0.273 e. The van der Waals surface area contributed by atoms with Gasteiger partial charge in [0.25, 0.3) is 5.69 Å². The Bertz CT molecular complexity index is 472. The van der Waals surface area contributed by atoms with Crippen LogP contribution in [0.1, 0.15) is 26.2 Å². The fourth-order valence-electron chi connectivity index (χ4n) is 2.68. The van der Waals surface area contributed by atoms with Gasteiger partial charge in [-0.15, -0.1) is 0 Å². The van der Waals surface area contributed by atoms with Gasteiger partial charge in [-0.25, -0.2) is 0 Å². The number of nitrogens with one attached hydrogen (secondary N) is 1. The van der Waals surface area contributed by atoms with Gasteiger partial charge in [-0.3, -0.25) is 10.1 Å². The molecule has 1 unspecified atom stereocenters. The lowest BCUT2D eigenvalue weighted by molar-refractivity contribution is -0.384. The number of nitro groups is 1. The summed E-state index contributed by atoms with van der Waals surface area (Å²) in [6.07, 6.45) is 3.84. The molecule has 110 valence electrons. The number of non-ortho nitro benzene ring substituents is 1. The average Bonchev–Trinajstić information content (AvgIpc) is 2.38. The molecule has 1 atom stereocenters. The third-order valence-electron chi connectivity index (χ3n) is 3.54. The first-order chi connectivity index (χ1) is 9.54. The predicted molar refractivity (Wildman–Crippen MR) is 80.9 cm³/mol. The maximum absolute atomic E-state index is 10.8. The van der Waals surface area contributed by atoms with Crippen LogP contribution in [0.2, 0.25) is 0 Å². The van der Waals surface area contributed by atoms with E-state index in [9.17, 15) is 10.1 Å². The molecule has 0 spiro atoms. The van der Waals surface area contributed by atoms with Crippen molar-refractivity contribution in [3.8, 4) is 0 Å². The Morgan fingerprint density at radius 1 is 1.35 bits per heavy atom. The first-order valence-corrected chi connectivity index (χ1v) is 7.08. The number of rotatable bonds is 5. The normalized spacial score (nSPS) is 17.6. The standard InChI is InChI=1S/C14H22N4O2/c1-11(10-17-5-3-2-4-6-17)16-13-7-12(15)8-14(9-13)18(19)20/h7-9,11,16H,2-6,10,15H2,1H3. The number of hydrogen-bond donors (Lipinski definition) is 2. The van der Waals surface area contributed by atoms with Crippen molar-refractivity contribution < 1.29 is 4.92 Å². The molecule has 1 aliphatic rings. The van der Waals surface area contributed by atoms with Crippen molar-refractivity contribution in [3.63, 3.8) is 0 Å². The van der Waals surface area contributed by atoms with Crippen molar-refractivity contribution in [2.45, 2.75) is 32.2 Å². The Labute approximate surface area is 119 Å². The number of hydrogen-bond acceptors (Lipinski definition) is 5. The van der Waals surface area contributed by atoms with Gasteiger partial charge in [-0.05, 0) is 38.9 Å². The van der Waals surface area contributed by atoms with Gasteiger partial charge in [-0.1, -0.05) is 6.42 Å². The third kappa shape index (κ3) is 4.09. The molecule has 0 aliphatic carbocycles. The summed E-state index contributed by atoms with van der Waals surface area (Å²) in [6, 6.07) is 4.87. The number of anilines is 2. The zero-order valence-corrected chi connectivity index (χ0v) is 11.8. The second kappa shape index (κ2) is 6.56. The lowest BCUT2D eigenvalue weighted by Gasteiger charge is -2.29. The van der Waals surface area contributed by atoms with Crippen molar-refractivity contribution in [3.05, 3.63) is 28.3 Å². The largest absolute Gasteiger partial charge is 0.398 e. The van der Waals surface area contributed by atoms with Gasteiger partial charge in [0.05, 0.1) is 4.92 Å². The highest BCUT2D eigenvalue weighted by Crippen LogP contribution is 2.23. The van der Waals surface area contributed by atoms with E-state index in [1.54, 1.807) is 6.07 Å². The van der Waals surface area contributed by atoms with Gasteiger partial charge in [0.15, 0.2) is 0 Å². The Morgan fingerprint density at radius 2 is 2.05 bits per heavy atom. The van der Waals surface area contributed by atoms with Crippen LogP contribution in [-0.2, 0) is 0 Å². The van der Waals surface area contributed by atoms with Gasteiger partial charge in [0, 0.05) is 36.1 Å². The highest BCUT2D eigenvalue weighted by molar-refractivity contribution is 5.61. The zero-order chi connectivity index (χ0) is 14.5. The van der Waals surface area contributed by atoms with Crippen LogP contribution < -0.4 is 11.1 Å². The molecule has 0 bridgehead atoms. The number of nitrogen functional groups attached to an aromatic ring is 1. The number of likely N-dealkylation sites (tertiary alicyclic amines) is 1. The van der Waals surface area contributed by atoms with E-state index in [2.05, 4.69) is 17.1 Å². The minimum absolute atomic E-state index is 0.0256. The van der Waals surface area contributed by atoms with E-state index in [0.717, 1.165) is 19.6 Å². The van der Waals surface area contributed by atoms with Gasteiger partial charge < -0.3 is 16.0 Å². The van der Waals surface area contributed by atoms with Crippen LogP contribution in [-0.4, -0.2) is 35.5 Å². The van der Waals surface area contributed by atoms with Crippen molar-refractivity contribution in [1.82, 2.24) is 4.90 Å². The highest BCUT2D eigenvalue weighted by atomic mass is 16.6. The molecule has 6 nitrogen and oxygen atoms in total. The van der Waals surface area contributed by atoms with E-state index >= 15 is 0 Å². The summed E-state index contributed by atoms with van der Waals surface area (Å²) in [6.45, 7) is 5.32. The number of nitrogens with two attached hydrogens (primary N) is 1. The van der Waals surface area contributed by atoms with Crippen molar-refractivity contribution in [2.24, 2.45) is 0 Å². The lowest BCUT2D eigenvalue weighted by Crippen LogP contribution is -2.38. The maximum atomic E-state index is 10.8. The van der Waals surface area contributed by atoms with Crippen LogP contribution in [0.25, 0.3) is 0 Å². The van der Waals surface area contributed by atoms with Crippen LogP contribution in [0.3, 0.4) is 0 Å². The van der Waals surface area contributed by atoms with Crippen LogP contribution in [0.4, 0.5) is 17.1 Å². The number of nitrogens with zero attached hydrogens (tertiary/aromatic N) is 2. The summed E-state index contributed by atoms with van der Waals surface area (Å²) >= 11 is 0. The topological polar surface area (TPSA) is 84.4 Å². The van der Waals surface area contributed by atoms with E-state index in [1.165, 1.54) is 31.4 Å². The summed E-state index contributed by atoms with van der Waals surface area (Å²) in [5.74, 6) is 0. The number of piperidine rings is 1. The minimum Gasteiger partial charge on any atom is -0.398 e. The van der Waals surface area contributed by atoms with E-state index in [0.29, 0.717) is 11.4 Å². The molecule has 1 aromatic rings. The average molecular weight is 278 g/mol. The molecule has 0 amide bonds. The summed E-state index contributed by atoms with van der Waals surface area (Å²) in [5.41, 5.74) is 6.85. The van der Waals surface area contributed by atoms with Crippen LogP contribution in [0, 0.1) is 10.1 Å². The molecule has 3 N–H and O–H groups in total. The number of nitro benzene ring substituents is 1. The molecule has 1 aromatic carbocycles. The number of benzene rings is 1. The van der Waals surface area contributed by atoms with Gasteiger partial charge in [0.2, 0.25) is 0 Å². The second-order valence-corrected chi connectivity index (χ2v) is 5.48. The Kier molecular flexibility index (Phi) is 4.79. The van der Waals surface area contributed by atoms with Crippen molar-refractivity contribution in [2.75, 3.05) is 30.7 Å². The summed E-state index contributed by atoms with van der Waals surface area (Å²) < 4.78 is 0. The van der Waals surface area contributed by atoms with E-state index in [4.69, 9.17) is 5.73 Å². The summed E-state index contributed by atoms with van der Waals surface area (Å²) in [7, 11) is 0. The molecule has 1 saturated heterocycles. The van der Waals surface area contributed by atoms with Gasteiger partial charge in [-0.2, -0.15) is 0 Å². The molecule has 6 heteroatoms. The molecule has 0 saturated carbocycles. The van der Waals surface area contributed by atoms with E-state index < -0.39 is 4.92 Å². The fourth-order valence-corrected chi connectivity index (χ4v) is 2.68. The molecule has 1 heterocycles. The fraction of sp³-hybridized carbons (Fsp3) is 0.571. The molecule has 1 aliphatic heterocycles. The van der Waals surface area contributed by atoms with Crippen LogP contribution in [0.5, 0.6) is 0 Å². The summed E-state index contributed by atoms with van der Waals surface area (Å²) in [4.78, 5) is 12.8. The highest BCUT2D eigenvalue weighted by Gasteiger charge is 2.14. The quantitative estimate of drug-likeness (QED) is 0.491. The van der Waals surface area contributed by atoms with Crippen molar-refractivity contribution >= 4 is 17.1 Å². The first kappa shape index (κ1) is 14.6. The molecule has 1 fully saturated rings. The molecular weight excluding hydrogens is 256 g/mol. The Balaban J connectivity index is 1.96. The Hall–Kier alpha value is -1.82. The summed E-state index contributed by atoms with van der Waals surface area (Å²) in [5, 5.41) is 14.1. The van der Waals surface area contributed by atoms with Gasteiger partial charge >= 0.3 is 0 Å². The Morgan fingerprint density at radius 3 is 2.70 bits per heavy atom. The zero-order valence-electron chi connectivity index (χ0n) is 11.8. The van der Waals surface area contributed by atoms with Gasteiger partial charge in [0.1, 0.15) is 0 Å². The van der Waals surface area contributed by atoms with Crippen LogP contribution in [0.15, 0.2) is 18.2 Å². The van der Waals surface area contributed by atoms with E-state index in [-0.39, 0.29) is 11.7 Å². The van der Waals surface area contributed by atoms with Crippen LogP contribution >= 0.6 is 0 Å². The molecule has 0 radical (unpaired) electrons. The monoisotopic (exact) mass is 278 g/mol. The first-order valence-electron chi connectivity index (χ1n) is 7.08. The predicted octanol–water partition coefficient (Wildman–Crippen LogP) is 2.46. The SMILES string of the molecule is CC(CN1CCCCC1)Nc1cc(N)cc([N+](=O)[O-])c1. The lowest BCUT2D eigenvalue weighted by atomic mass is 10.1. The molecule has 2 rings (SSSR count). The van der Waals surface area contributed by atoms with Crippen molar-refractivity contribution in [1.29, 1.82) is 0 Å². The second-order valence-electron chi connectivity index (χ2n) is 5.48. The third-order valence-corrected chi connectivity index (χ3v) is 3.54. The molecular formula is C14H22N4O2. The molecule has 0 aromatic heterocycles. The van der Waals surface area contributed by atoms with E-state index in [1.807, 2.05) is 0 Å².